The number of hydrogen-bond donors (Lipinski definition) is 1. The zero-order valence-corrected chi connectivity index (χ0v) is 12.0. The van der Waals surface area contributed by atoms with E-state index in [1.165, 1.54) is 21.4 Å². The van der Waals surface area contributed by atoms with Crippen LogP contribution in [0.1, 0.15) is 30.8 Å². The van der Waals surface area contributed by atoms with Gasteiger partial charge in [-0.15, -0.1) is 10.2 Å². The number of nitrogens with zero attached hydrogens (tertiary/aromatic N) is 4. The molecular formula is C12H14N4O3S. The number of aliphatic carboxylic acids is 1. The van der Waals surface area contributed by atoms with E-state index in [1.807, 2.05) is 13.8 Å². The van der Waals surface area contributed by atoms with Crippen molar-refractivity contribution in [2.45, 2.75) is 33.1 Å². The van der Waals surface area contributed by atoms with Gasteiger partial charge in [0.25, 0.3) is 0 Å². The summed E-state index contributed by atoms with van der Waals surface area (Å²) in [5.74, 6) is -0.946. The topological polar surface area (TPSA) is 98.0 Å². The van der Waals surface area contributed by atoms with Crippen LogP contribution in [0.4, 0.5) is 0 Å². The highest BCUT2D eigenvalue weighted by Gasteiger charge is 2.19. The molecule has 2 rings (SSSR count). The van der Waals surface area contributed by atoms with Crippen molar-refractivity contribution in [3.8, 4) is 5.13 Å². The lowest BCUT2D eigenvalue weighted by Crippen LogP contribution is -2.29. The van der Waals surface area contributed by atoms with Crippen molar-refractivity contribution >= 4 is 17.3 Å². The van der Waals surface area contributed by atoms with Crippen molar-refractivity contribution in [3.63, 3.8) is 0 Å². The Morgan fingerprint density at radius 2 is 2.15 bits per heavy atom. The maximum Gasteiger partial charge on any atom is 0.354 e. The van der Waals surface area contributed by atoms with Crippen LogP contribution in [0.25, 0.3) is 5.13 Å². The van der Waals surface area contributed by atoms with Gasteiger partial charge in [-0.25, -0.2) is 9.36 Å². The van der Waals surface area contributed by atoms with Crippen molar-refractivity contribution in [1.82, 2.24) is 19.7 Å². The second-order valence-corrected chi connectivity index (χ2v) is 4.91. The number of carboxylic acids is 1. The predicted molar refractivity (Wildman–Crippen MR) is 73.4 cm³/mol. The maximum atomic E-state index is 12.2. The van der Waals surface area contributed by atoms with Gasteiger partial charge in [0.2, 0.25) is 5.13 Å². The molecule has 2 aromatic heterocycles. The SMILES string of the molecule is CCc1nc(=O)n(-c2nncs2)c(CC)c1CC(=O)O. The van der Waals surface area contributed by atoms with E-state index in [1.54, 1.807) is 0 Å². The van der Waals surface area contributed by atoms with Crippen molar-refractivity contribution < 1.29 is 9.90 Å². The van der Waals surface area contributed by atoms with Gasteiger partial charge >= 0.3 is 11.7 Å². The summed E-state index contributed by atoms with van der Waals surface area (Å²) in [6.07, 6.45) is 0.882. The van der Waals surface area contributed by atoms with Gasteiger partial charge in [-0.3, -0.25) is 4.79 Å². The van der Waals surface area contributed by atoms with Crippen LogP contribution in [-0.4, -0.2) is 30.8 Å². The largest absolute Gasteiger partial charge is 0.481 e. The predicted octanol–water partition coefficient (Wildman–Crippen LogP) is 0.836. The summed E-state index contributed by atoms with van der Waals surface area (Å²) in [6.45, 7) is 3.72. The summed E-state index contributed by atoms with van der Waals surface area (Å²) in [4.78, 5) is 27.2. The molecule has 106 valence electrons. The average Bonchev–Trinajstić information content (AvgIpc) is 2.92. The van der Waals surface area contributed by atoms with Gasteiger partial charge in [-0.1, -0.05) is 25.2 Å². The lowest BCUT2D eigenvalue weighted by atomic mass is 10.0. The highest BCUT2D eigenvalue weighted by atomic mass is 32.1. The molecule has 0 radical (unpaired) electrons. The second-order valence-electron chi connectivity index (χ2n) is 4.10. The van der Waals surface area contributed by atoms with Crippen molar-refractivity contribution in [3.05, 3.63) is 32.9 Å². The van der Waals surface area contributed by atoms with Crippen LogP contribution in [-0.2, 0) is 24.1 Å². The highest BCUT2D eigenvalue weighted by Crippen LogP contribution is 2.18. The molecule has 0 aliphatic heterocycles. The lowest BCUT2D eigenvalue weighted by molar-refractivity contribution is -0.136. The van der Waals surface area contributed by atoms with Crippen molar-refractivity contribution in [1.29, 1.82) is 0 Å². The summed E-state index contributed by atoms with van der Waals surface area (Å²) >= 11 is 1.21. The Balaban J connectivity index is 2.75. The molecule has 0 spiro atoms. The minimum absolute atomic E-state index is 0.154. The second kappa shape index (κ2) is 5.91. The molecule has 0 saturated heterocycles. The van der Waals surface area contributed by atoms with Gasteiger partial charge in [0.05, 0.1) is 12.1 Å². The summed E-state index contributed by atoms with van der Waals surface area (Å²) in [7, 11) is 0. The fourth-order valence-corrected chi connectivity index (χ4v) is 2.71. The molecule has 2 heterocycles. The third-order valence-corrected chi connectivity index (χ3v) is 3.60. The Morgan fingerprint density at radius 1 is 1.40 bits per heavy atom. The summed E-state index contributed by atoms with van der Waals surface area (Å²) < 4.78 is 1.36. The Bertz CT molecular complexity index is 679. The standard InChI is InChI=1S/C12H14N4O3S/c1-3-8-7(5-10(17)18)9(4-2)16(11(19)14-8)12-15-13-6-20-12/h6H,3-5H2,1-2H3,(H,17,18). The number of rotatable bonds is 5. The first kappa shape index (κ1) is 14.3. The van der Waals surface area contributed by atoms with Gasteiger partial charge in [0.15, 0.2) is 0 Å². The van der Waals surface area contributed by atoms with E-state index in [9.17, 15) is 9.59 Å². The molecule has 8 heteroatoms. The van der Waals surface area contributed by atoms with E-state index < -0.39 is 11.7 Å². The van der Waals surface area contributed by atoms with Crippen LogP contribution in [0.3, 0.4) is 0 Å². The molecule has 0 aliphatic rings. The van der Waals surface area contributed by atoms with Crippen molar-refractivity contribution in [2.24, 2.45) is 0 Å². The van der Waals surface area contributed by atoms with Gasteiger partial charge in [0.1, 0.15) is 5.51 Å². The molecule has 0 saturated carbocycles. The summed E-state index contributed by atoms with van der Waals surface area (Å²) in [5.41, 5.74) is 2.85. The fraction of sp³-hybridized carbons (Fsp3) is 0.417. The van der Waals surface area contributed by atoms with Crippen LogP contribution in [0, 0.1) is 0 Å². The molecule has 0 unspecified atom stereocenters. The number of carboxylic acid groups (broad SMARTS) is 1. The Morgan fingerprint density at radius 3 is 2.65 bits per heavy atom. The third-order valence-electron chi connectivity index (χ3n) is 2.93. The molecule has 0 atom stereocenters. The van der Waals surface area contributed by atoms with Crippen LogP contribution < -0.4 is 5.69 Å². The first-order valence-electron chi connectivity index (χ1n) is 6.20. The van der Waals surface area contributed by atoms with E-state index in [0.717, 1.165) is 0 Å². The molecule has 2 aromatic rings. The normalized spacial score (nSPS) is 10.7. The zero-order chi connectivity index (χ0) is 14.7. The molecule has 0 aliphatic carbocycles. The smallest absolute Gasteiger partial charge is 0.354 e. The number of aryl methyl sites for hydroxylation is 1. The Kier molecular flexibility index (Phi) is 4.23. The van der Waals surface area contributed by atoms with E-state index >= 15 is 0 Å². The molecule has 0 amide bonds. The van der Waals surface area contributed by atoms with Crippen LogP contribution in [0.15, 0.2) is 10.3 Å². The first-order valence-corrected chi connectivity index (χ1v) is 7.08. The van der Waals surface area contributed by atoms with Gasteiger partial charge in [0, 0.05) is 11.3 Å². The van der Waals surface area contributed by atoms with Crippen LogP contribution in [0.5, 0.6) is 0 Å². The fourth-order valence-electron chi connectivity index (χ4n) is 2.13. The van der Waals surface area contributed by atoms with E-state index in [4.69, 9.17) is 5.11 Å². The molecule has 0 fully saturated rings. The van der Waals surface area contributed by atoms with E-state index in [-0.39, 0.29) is 6.42 Å². The number of aromatic nitrogens is 4. The van der Waals surface area contributed by atoms with E-state index in [0.29, 0.717) is 34.9 Å². The third kappa shape index (κ3) is 2.60. The van der Waals surface area contributed by atoms with Gasteiger partial charge in [-0.2, -0.15) is 4.98 Å². The van der Waals surface area contributed by atoms with Crippen molar-refractivity contribution in [2.75, 3.05) is 0 Å². The van der Waals surface area contributed by atoms with Crippen LogP contribution in [0.2, 0.25) is 0 Å². The maximum absolute atomic E-state index is 12.2. The quantitative estimate of drug-likeness (QED) is 0.877. The first-order chi connectivity index (χ1) is 9.58. The Hall–Kier alpha value is -2.09. The molecule has 20 heavy (non-hydrogen) atoms. The average molecular weight is 294 g/mol. The number of hydrogen-bond acceptors (Lipinski definition) is 6. The highest BCUT2D eigenvalue weighted by molar-refractivity contribution is 7.11. The minimum Gasteiger partial charge on any atom is -0.481 e. The Labute approximate surface area is 118 Å². The molecule has 1 N–H and O–H groups in total. The lowest BCUT2D eigenvalue weighted by Gasteiger charge is -2.15. The van der Waals surface area contributed by atoms with Crippen LogP contribution >= 0.6 is 11.3 Å². The van der Waals surface area contributed by atoms with E-state index in [2.05, 4.69) is 15.2 Å². The number of carbonyl (C=O) groups is 1. The molecule has 0 bridgehead atoms. The monoisotopic (exact) mass is 294 g/mol. The van der Waals surface area contributed by atoms with Gasteiger partial charge in [-0.05, 0) is 12.8 Å². The van der Waals surface area contributed by atoms with Gasteiger partial charge < -0.3 is 5.11 Å². The minimum atomic E-state index is -0.946. The molecule has 7 nitrogen and oxygen atoms in total. The summed E-state index contributed by atoms with van der Waals surface area (Å²) in [5, 5.41) is 17.1. The summed E-state index contributed by atoms with van der Waals surface area (Å²) in [6, 6.07) is 0. The molecule has 0 aromatic carbocycles. The molecular weight excluding hydrogens is 280 g/mol. The zero-order valence-electron chi connectivity index (χ0n) is 11.2.